The van der Waals surface area contributed by atoms with Crippen LogP contribution in [0.4, 0.5) is 0 Å². The fourth-order valence-electron chi connectivity index (χ4n) is 1.26. The first kappa shape index (κ1) is 13.3. The van der Waals surface area contributed by atoms with Crippen molar-refractivity contribution in [1.82, 2.24) is 0 Å². The molecule has 0 spiro atoms. The number of amidine groups is 1. The van der Waals surface area contributed by atoms with E-state index in [-0.39, 0.29) is 11.8 Å². The molecule has 0 saturated heterocycles. The predicted octanol–water partition coefficient (Wildman–Crippen LogP) is 1.59. The zero-order valence-electron chi connectivity index (χ0n) is 10.1. The van der Waals surface area contributed by atoms with Gasteiger partial charge in [-0.2, -0.15) is 0 Å². The molecule has 17 heavy (non-hydrogen) atoms. The monoisotopic (exact) mass is 238 g/mol. The number of hydrogen-bond donors (Lipinski definition) is 2. The molecular weight excluding hydrogens is 220 g/mol. The summed E-state index contributed by atoms with van der Waals surface area (Å²) < 4.78 is 10.5. The van der Waals surface area contributed by atoms with Crippen LogP contribution in [-0.4, -0.2) is 24.8 Å². The van der Waals surface area contributed by atoms with Gasteiger partial charge in [0.25, 0.3) is 0 Å². The van der Waals surface area contributed by atoms with E-state index in [2.05, 4.69) is 5.16 Å². The van der Waals surface area contributed by atoms with Crippen molar-refractivity contribution in [3.05, 3.63) is 29.8 Å². The Hall–Kier alpha value is -1.75. The van der Waals surface area contributed by atoms with Crippen molar-refractivity contribution in [3.63, 3.8) is 0 Å². The first-order chi connectivity index (χ1) is 8.17. The number of nitrogens with zero attached hydrogens (tertiary/aromatic N) is 1. The van der Waals surface area contributed by atoms with Gasteiger partial charge in [-0.1, -0.05) is 24.2 Å². The van der Waals surface area contributed by atoms with Crippen LogP contribution in [0.1, 0.15) is 12.5 Å². The maximum atomic E-state index is 8.47. The summed E-state index contributed by atoms with van der Waals surface area (Å²) in [6.07, 6.45) is 0. The van der Waals surface area contributed by atoms with Gasteiger partial charge in [0.2, 0.25) is 0 Å². The van der Waals surface area contributed by atoms with E-state index < -0.39 is 0 Å². The van der Waals surface area contributed by atoms with Crippen molar-refractivity contribution >= 4 is 5.84 Å². The Bertz CT molecular complexity index is 363. The van der Waals surface area contributed by atoms with Crippen LogP contribution in [0.3, 0.4) is 0 Å². The molecule has 94 valence electrons. The molecule has 1 aromatic rings. The molecule has 0 radical (unpaired) electrons. The molecule has 3 N–H and O–H groups in total. The maximum Gasteiger partial charge on any atom is 0.144 e. The van der Waals surface area contributed by atoms with Gasteiger partial charge in [0.05, 0.1) is 20.3 Å². The number of oxime groups is 1. The Morgan fingerprint density at radius 1 is 1.41 bits per heavy atom. The number of hydrogen-bond acceptors (Lipinski definition) is 4. The van der Waals surface area contributed by atoms with Crippen LogP contribution in [0.15, 0.2) is 29.4 Å². The normalized spacial score (nSPS) is 13.4. The summed E-state index contributed by atoms with van der Waals surface area (Å²) >= 11 is 0. The van der Waals surface area contributed by atoms with Crippen molar-refractivity contribution in [1.29, 1.82) is 0 Å². The summed E-state index contributed by atoms with van der Waals surface area (Å²) in [7, 11) is 1.63. The van der Waals surface area contributed by atoms with Gasteiger partial charge in [-0.05, 0) is 17.7 Å². The zero-order valence-corrected chi connectivity index (χ0v) is 10.1. The van der Waals surface area contributed by atoms with Crippen molar-refractivity contribution in [2.45, 2.75) is 13.5 Å². The van der Waals surface area contributed by atoms with E-state index in [1.54, 1.807) is 7.11 Å². The van der Waals surface area contributed by atoms with Gasteiger partial charge in [0.15, 0.2) is 0 Å². The number of benzene rings is 1. The van der Waals surface area contributed by atoms with Gasteiger partial charge in [-0.15, -0.1) is 0 Å². The molecule has 0 amide bonds. The Balaban J connectivity index is 2.35. The maximum absolute atomic E-state index is 8.47. The highest BCUT2D eigenvalue weighted by molar-refractivity contribution is 5.81. The second-order valence-corrected chi connectivity index (χ2v) is 3.79. The minimum Gasteiger partial charge on any atom is -0.497 e. The molecule has 5 nitrogen and oxygen atoms in total. The Morgan fingerprint density at radius 3 is 2.59 bits per heavy atom. The molecule has 1 rings (SSSR count). The third-order valence-corrected chi connectivity index (χ3v) is 2.42. The van der Waals surface area contributed by atoms with E-state index in [0.717, 1.165) is 11.3 Å². The molecular formula is C12H18N2O3. The third-order valence-electron chi connectivity index (χ3n) is 2.42. The highest BCUT2D eigenvalue weighted by Gasteiger charge is 2.07. The van der Waals surface area contributed by atoms with Crippen LogP contribution >= 0.6 is 0 Å². The van der Waals surface area contributed by atoms with Gasteiger partial charge in [-0.25, -0.2) is 0 Å². The topological polar surface area (TPSA) is 77.1 Å². The Labute approximate surface area is 101 Å². The minimum atomic E-state index is -0.0988. The highest BCUT2D eigenvalue weighted by Crippen LogP contribution is 2.12. The average molecular weight is 238 g/mol. The van der Waals surface area contributed by atoms with Crippen LogP contribution in [-0.2, 0) is 11.3 Å². The molecule has 0 aliphatic heterocycles. The summed E-state index contributed by atoms with van der Waals surface area (Å²) in [4.78, 5) is 0. The van der Waals surface area contributed by atoms with Gasteiger partial charge in [0, 0.05) is 5.92 Å². The average Bonchev–Trinajstić information content (AvgIpc) is 2.38. The lowest BCUT2D eigenvalue weighted by molar-refractivity contribution is 0.107. The molecule has 0 saturated carbocycles. The molecule has 0 bridgehead atoms. The number of methoxy groups -OCH3 is 1. The summed E-state index contributed by atoms with van der Waals surface area (Å²) in [5, 5.41) is 11.4. The molecule has 1 atom stereocenters. The first-order valence-corrected chi connectivity index (χ1v) is 5.35. The van der Waals surface area contributed by atoms with Gasteiger partial charge < -0.3 is 20.4 Å². The second kappa shape index (κ2) is 6.75. The van der Waals surface area contributed by atoms with Gasteiger partial charge >= 0.3 is 0 Å². The Morgan fingerprint density at radius 2 is 2.06 bits per heavy atom. The van der Waals surface area contributed by atoms with Gasteiger partial charge in [-0.3, -0.25) is 0 Å². The number of nitrogens with two attached hydrogens (primary N) is 1. The summed E-state index contributed by atoms with van der Waals surface area (Å²) in [5.41, 5.74) is 6.49. The lowest BCUT2D eigenvalue weighted by Gasteiger charge is -2.10. The van der Waals surface area contributed by atoms with Crippen LogP contribution in [0, 0.1) is 5.92 Å². The van der Waals surface area contributed by atoms with Crippen LogP contribution < -0.4 is 10.5 Å². The fourth-order valence-corrected chi connectivity index (χ4v) is 1.26. The lowest BCUT2D eigenvalue weighted by Crippen LogP contribution is -2.25. The van der Waals surface area contributed by atoms with Crippen molar-refractivity contribution in [2.24, 2.45) is 16.8 Å². The highest BCUT2D eigenvalue weighted by atomic mass is 16.5. The Kier molecular flexibility index (Phi) is 5.29. The van der Waals surface area contributed by atoms with E-state index in [0.29, 0.717) is 13.2 Å². The smallest absolute Gasteiger partial charge is 0.144 e. The number of rotatable bonds is 6. The second-order valence-electron chi connectivity index (χ2n) is 3.79. The molecule has 5 heteroatoms. The van der Waals surface area contributed by atoms with E-state index in [1.165, 1.54) is 0 Å². The van der Waals surface area contributed by atoms with Crippen molar-refractivity contribution in [2.75, 3.05) is 13.7 Å². The molecule has 1 unspecified atom stereocenters. The third kappa shape index (κ3) is 4.32. The number of ether oxygens (including phenoxy) is 2. The SMILES string of the molecule is COc1ccc(COCC(C)/C(N)=N/O)cc1. The van der Waals surface area contributed by atoms with Crippen molar-refractivity contribution in [3.8, 4) is 5.75 Å². The zero-order chi connectivity index (χ0) is 12.7. The van der Waals surface area contributed by atoms with Crippen LogP contribution in [0.25, 0.3) is 0 Å². The lowest BCUT2D eigenvalue weighted by atomic mass is 10.2. The van der Waals surface area contributed by atoms with E-state index in [9.17, 15) is 0 Å². The van der Waals surface area contributed by atoms with E-state index in [4.69, 9.17) is 20.4 Å². The van der Waals surface area contributed by atoms with E-state index in [1.807, 2.05) is 31.2 Å². The molecule has 0 heterocycles. The molecule has 1 aromatic carbocycles. The van der Waals surface area contributed by atoms with E-state index >= 15 is 0 Å². The summed E-state index contributed by atoms with van der Waals surface area (Å²) in [6, 6.07) is 7.64. The van der Waals surface area contributed by atoms with Gasteiger partial charge in [0.1, 0.15) is 11.6 Å². The van der Waals surface area contributed by atoms with Crippen LogP contribution in [0.2, 0.25) is 0 Å². The summed E-state index contributed by atoms with van der Waals surface area (Å²) in [6.45, 7) is 2.75. The molecule has 0 aliphatic rings. The molecule has 0 aliphatic carbocycles. The van der Waals surface area contributed by atoms with Crippen molar-refractivity contribution < 1.29 is 14.7 Å². The first-order valence-electron chi connectivity index (χ1n) is 5.35. The largest absolute Gasteiger partial charge is 0.497 e. The minimum absolute atomic E-state index is 0.0988. The molecule has 0 aromatic heterocycles. The molecule has 0 fully saturated rings. The quantitative estimate of drug-likeness (QED) is 0.341. The predicted molar refractivity (Wildman–Crippen MR) is 65.2 cm³/mol. The standard InChI is InChI=1S/C12H18N2O3/c1-9(12(13)14-15)7-17-8-10-3-5-11(16-2)6-4-10/h3-6,9,15H,7-8H2,1-2H3,(H2,13,14). The fraction of sp³-hybridized carbons (Fsp3) is 0.417. The van der Waals surface area contributed by atoms with Crippen LogP contribution in [0.5, 0.6) is 5.75 Å². The summed E-state index contributed by atoms with van der Waals surface area (Å²) in [5.74, 6) is 0.900.